The van der Waals surface area contributed by atoms with Crippen molar-refractivity contribution in [1.82, 2.24) is 10.6 Å². The number of nitrogens with one attached hydrogen (secondary N) is 1. The van der Waals surface area contributed by atoms with E-state index in [4.69, 9.17) is 18.9 Å². The van der Waals surface area contributed by atoms with Crippen LogP contribution in [-0.2, 0) is 9.84 Å². The van der Waals surface area contributed by atoms with Gasteiger partial charge >= 0.3 is 10.9 Å². The Morgan fingerprint density at radius 1 is 1.00 bits per heavy atom. The largest absolute Gasteiger partial charge is 0.497 e. The fraction of sp³-hybridized carbons (Fsp3) is 0.154. The molecule has 0 aliphatic heterocycles. The van der Waals surface area contributed by atoms with Gasteiger partial charge in [0.05, 0.1) is 36.0 Å². The number of hydrogen-bond acceptors (Lipinski definition) is 11. The summed E-state index contributed by atoms with van der Waals surface area (Å²) in [7, 11) is -1.27. The molecule has 13 nitrogen and oxygen atoms in total. The number of sulfone groups is 1. The maximum atomic E-state index is 12.8. The van der Waals surface area contributed by atoms with Crippen molar-refractivity contribution < 1.29 is 41.7 Å². The second-order valence-electron chi connectivity index (χ2n) is 7.89. The molecule has 1 aromatic heterocycles. The normalized spacial score (nSPS) is 11.2. The molecule has 1 heterocycles. The second-order valence-corrected chi connectivity index (χ2v) is 9.75. The topological polar surface area (TPSA) is 165 Å². The molecule has 1 N–H and O–H groups in total. The minimum absolute atomic E-state index is 0.0581. The Bertz CT molecular complexity index is 1590. The highest BCUT2D eigenvalue weighted by molar-refractivity contribution is 7.91. The lowest BCUT2D eigenvalue weighted by atomic mass is 10.2. The third-order valence-corrected chi connectivity index (χ3v) is 7.08. The first kappa shape index (κ1) is 27.9. The number of aromatic nitrogens is 2. The second kappa shape index (κ2) is 12.6. The van der Waals surface area contributed by atoms with Crippen LogP contribution in [0.5, 0.6) is 23.1 Å². The Morgan fingerprint density at radius 3 is 2.40 bits per heavy atom. The number of carbonyl (C=O) groups excluding carboxylic acids is 1. The summed E-state index contributed by atoms with van der Waals surface area (Å²) in [4.78, 5) is 12.2. The molecule has 14 heteroatoms. The summed E-state index contributed by atoms with van der Waals surface area (Å²) in [5.74, 6) is 0.280. The molecule has 0 unspecified atom stereocenters. The Kier molecular flexibility index (Phi) is 8.81. The number of methoxy groups -OCH3 is 2. The van der Waals surface area contributed by atoms with Gasteiger partial charge in [0.25, 0.3) is 15.7 Å². The molecule has 0 spiro atoms. The highest BCUT2D eigenvalue weighted by Crippen LogP contribution is 2.26. The number of carbonyl (C=O) groups is 1. The number of amides is 1. The lowest BCUT2D eigenvalue weighted by molar-refractivity contribution is -0.832. The van der Waals surface area contributed by atoms with Gasteiger partial charge in [-0.2, -0.15) is 5.10 Å². The van der Waals surface area contributed by atoms with Crippen LogP contribution in [0.4, 0.5) is 0 Å². The van der Waals surface area contributed by atoms with Crippen LogP contribution in [0.25, 0.3) is 0 Å². The molecule has 208 valence electrons. The van der Waals surface area contributed by atoms with Crippen molar-refractivity contribution in [3.8, 4) is 23.1 Å². The number of hydrazone groups is 1. The molecular formula is C26H24N4O9S. The van der Waals surface area contributed by atoms with Gasteiger partial charge in [-0.3, -0.25) is 9.42 Å². The molecule has 0 aliphatic carbocycles. The zero-order chi connectivity index (χ0) is 28.5. The summed E-state index contributed by atoms with van der Waals surface area (Å²) in [5.41, 5.74) is 3.42. The smallest absolute Gasteiger partial charge is 0.415 e. The van der Waals surface area contributed by atoms with E-state index in [-0.39, 0.29) is 34.3 Å². The molecule has 0 saturated carbocycles. The summed E-state index contributed by atoms with van der Waals surface area (Å²) in [6, 6.07) is 19.0. The van der Waals surface area contributed by atoms with E-state index < -0.39 is 26.7 Å². The monoisotopic (exact) mass is 568 g/mol. The average molecular weight is 569 g/mol. The van der Waals surface area contributed by atoms with Crippen molar-refractivity contribution in [2.75, 3.05) is 27.4 Å². The van der Waals surface area contributed by atoms with Crippen LogP contribution in [0.2, 0.25) is 0 Å². The van der Waals surface area contributed by atoms with E-state index in [0.29, 0.717) is 11.5 Å². The van der Waals surface area contributed by atoms with Crippen LogP contribution in [-0.4, -0.2) is 53.1 Å². The van der Waals surface area contributed by atoms with Gasteiger partial charge in [0.15, 0.2) is 0 Å². The lowest BCUT2D eigenvalue weighted by Crippen LogP contribution is -2.31. The minimum Gasteiger partial charge on any atom is -0.497 e. The molecular weight excluding hydrogens is 544 g/mol. The fourth-order valence-electron chi connectivity index (χ4n) is 3.40. The predicted molar refractivity (Wildman–Crippen MR) is 139 cm³/mol. The molecule has 4 aromatic rings. The number of ether oxygens (including phenoxy) is 4. The van der Waals surface area contributed by atoms with E-state index in [2.05, 4.69) is 20.3 Å². The molecule has 0 fully saturated rings. The standard InChI is InChI=1S/C26H24N4O9S/c1-35-19-10-8-18(9-11-19)17-27-28-24(31)22-13-12-20(16-23(22)36-2)37-14-15-38-25-26(30(32)39-29-25)40(33,34)21-6-4-3-5-7-21/h3-13,16-17H,14-15H2,1-2H3,(H,28,31)/b27-17+. The minimum atomic E-state index is -4.23. The van der Waals surface area contributed by atoms with Crippen LogP contribution >= 0.6 is 0 Å². The first-order valence-corrected chi connectivity index (χ1v) is 13.1. The van der Waals surface area contributed by atoms with E-state index in [1.165, 1.54) is 55.8 Å². The summed E-state index contributed by atoms with van der Waals surface area (Å²) in [6.45, 7) is -0.230. The summed E-state index contributed by atoms with van der Waals surface area (Å²) in [5, 5.41) is 18.6. The van der Waals surface area contributed by atoms with E-state index in [9.17, 15) is 18.4 Å². The van der Waals surface area contributed by atoms with E-state index >= 15 is 0 Å². The van der Waals surface area contributed by atoms with Crippen LogP contribution in [0.3, 0.4) is 0 Å². The van der Waals surface area contributed by atoms with E-state index in [1.807, 2.05) is 0 Å². The van der Waals surface area contributed by atoms with Gasteiger partial charge < -0.3 is 24.2 Å². The van der Waals surface area contributed by atoms with Crippen LogP contribution < -0.4 is 29.3 Å². The van der Waals surface area contributed by atoms with Gasteiger partial charge in [-0.15, -0.1) is 0 Å². The van der Waals surface area contributed by atoms with Gasteiger partial charge in [-0.05, 0) is 59.0 Å². The van der Waals surface area contributed by atoms with Gasteiger partial charge in [0.1, 0.15) is 30.5 Å². The van der Waals surface area contributed by atoms with Crippen molar-refractivity contribution in [3.05, 3.63) is 89.1 Å². The molecule has 0 saturated heterocycles. The maximum absolute atomic E-state index is 12.8. The van der Waals surface area contributed by atoms with Crippen molar-refractivity contribution >= 4 is 22.0 Å². The summed E-state index contributed by atoms with van der Waals surface area (Å²) >= 11 is 0. The Balaban J connectivity index is 1.34. The third-order valence-electron chi connectivity index (χ3n) is 5.36. The Morgan fingerprint density at radius 2 is 1.70 bits per heavy atom. The van der Waals surface area contributed by atoms with Gasteiger partial charge in [0.2, 0.25) is 0 Å². The summed E-state index contributed by atoms with van der Waals surface area (Å²) < 4.78 is 51.5. The molecule has 0 aliphatic rings. The molecule has 1 amide bonds. The highest BCUT2D eigenvalue weighted by atomic mass is 32.2. The van der Waals surface area contributed by atoms with Crippen molar-refractivity contribution in [3.63, 3.8) is 0 Å². The van der Waals surface area contributed by atoms with Gasteiger partial charge in [-0.1, -0.05) is 18.2 Å². The molecule has 4 rings (SSSR count). The van der Waals surface area contributed by atoms with Gasteiger partial charge in [-0.25, -0.2) is 13.8 Å². The number of benzene rings is 3. The molecule has 0 atom stereocenters. The first-order valence-electron chi connectivity index (χ1n) is 11.6. The quantitative estimate of drug-likeness (QED) is 0.116. The Hall–Kier alpha value is -5.11. The van der Waals surface area contributed by atoms with Crippen molar-refractivity contribution in [1.29, 1.82) is 0 Å². The molecule has 3 aromatic carbocycles. The van der Waals surface area contributed by atoms with Gasteiger partial charge in [0, 0.05) is 6.07 Å². The van der Waals surface area contributed by atoms with E-state index in [0.717, 1.165) is 5.56 Å². The number of rotatable bonds is 12. The van der Waals surface area contributed by atoms with Crippen molar-refractivity contribution in [2.24, 2.45) is 5.10 Å². The third kappa shape index (κ3) is 6.47. The maximum Gasteiger partial charge on any atom is 0.415 e. The zero-order valence-corrected chi connectivity index (χ0v) is 22.2. The molecule has 0 radical (unpaired) electrons. The van der Waals surface area contributed by atoms with Crippen LogP contribution in [0, 0.1) is 5.21 Å². The SMILES string of the molecule is COc1ccc(/C=N/NC(=O)c2ccc(OCCOc3no[n+]([O-])c3S(=O)(=O)c3ccccc3)cc2OC)cc1. The fourth-order valence-corrected chi connectivity index (χ4v) is 4.70. The van der Waals surface area contributed by atoms with Crippen molar-refractivity contribution in [2.45, 2.75) is 9.92 Å². The number of nitrogens with zero attached hydrogens (tertiary/aromatic N) is 3. The molecule has 40 heavy (non-hydrogen) atoms. The first-order chi connectivity index (χ1) is 19.3. The summed E-state index contributed by atoms with van der Waals surface area (Å²) in [6.07, 6.45) is 1.49. The van der Waals surface area contributed by atoms with Crippen LogP contribution in [0.15, 0.2) is 92.4 Å². The predicted octanol–water partition coefficient (Wildman–Crippen LogP) is 2.38. The molecule has 0 bridgehead atoms. The Labute approximate surface area is 229 Å². The van der Waals surface area contributed by atoms with Crippen LogP contribution in [0.1, 0.15) is 15.9 Å². The highest BCUT2D eigenvalue weighted by Gasteiger charge is 2.35. The average Bonchev–Trinajstić information content (AvgIpc) is 3.36. The van der Waals surface area contributed by atoms with E-state index in [1.54, 1.807) is 37.4 Å². The zero-order valence-electron chi connectivity index (χ0n) is 21.3. The lowest BCUT2D eigenvalue weighted by Gasteiger charge is -2.11. The number of hydrogen-bond donors (Lipinski definition) is 1.